The van der Waals surface area contributed by atoms with Gasteiger partial charge < -0.3 is 5.32 Å². The lowest BCUT2D eigenvalue weighted by Gasteiger charge is -2.19. The Kier molecular flexibility index (Phi) is 4.93. The minimum absolute atomic E-state index is 0.220. The molecular weight excluding hydrogens is 242 g/mol. The van der Waals surface area contributed by atoms with Crippen LogP contribution < -0.4 is 5.32 Å². The van der Waals surface area contributed by atoms with Gasteiger partial charge in [0.05, 0.1) is 0 Å². The van der Waals surface area contributed by atoms with E-state index in [2.05, 4.69) is 35.1 Å². The number of carbonyl (C=O) groups excluding carboxylic acids is 1. The zero-order chi connectivity index (χ0) is 10.6. The lowest BCUT2D eigenvalue weighted by molar-refractivity contribution is -0.122. The largest absolute Gasteiger partial charge is 0.353 e. The third-order valence-electron chi connectivity index (χ3n) is 2.80. The van der Waals surface area contributed by atoms with Crippen LogP contribution in [0.2, 0.25) is 0 Å². The van der Waals surface area contributed by atoms with Gasteiger partial charge in [-0.1, -0.05) is 36.2 Å². The van der Waals surface area contributed by atoms with E-state index in [0.29, 0.717) is 24.3 Å². The number of alkyl halides is 1. The molecule has 0 aromatic carbocycles. The molecule has 0 saturated heterocycles. The lowest BCUT2D eigenvalue weighted by Crippen LogP contribution is -2.38. The second-order valence-electron chi connectivity index (χ2n) is 4.62. The van der Waals surface area contributed by atoms with E-state index in [9.17, 15) is 4.79 Å². The Labute approximate surface area is 95.0 Å². The van der Waals surface area contributed by atoms with Crippen LogP contribution >= 0.6 is 15.9 Å². The van der Waals surface area contributed by atoms with Crippen LogP contribution in [0, 0.1) is 11.8 Å². The monoisotopic (exact) mass is 261 g/mol. The summed E-state index contributed by atoms with van der Waals surface area (Å²) in [5.74, 6) is 1.32. The third-order valence-corrected chi connectivity index (χ3v) is 3.63. The molecule has 3 heteroatoms. The second kappa shape index (κ2) is 5.74. The van der Waals surface area contributed by atoms with Gasteiger partial charge in [-0.2, -0.15) is 0 Å². The van der Waals surface area contributed by atoms with Crippen molar-refractivity contribution in [2.24, 2.45) is 11.8 Å². The van der Waals surface area contributed by atoms with Crippen molar-refractivity contribution >= 4 is 21.8 Å². The number of halogens is 1. The van der Waals surface area contributed by atoms with Crippen molar-refractivity contribution in [3.63, 3.8) is 0 Å². The molecule has 0 bridgehead atoms. The predicted molar refractivity (Wildman–Crippen MR) is 62.5 cm³/mol. The molecule has 0 heterocycles. The highest BCUT2D eigenvalue weighted by Gasteiger charge is 2.27. The Morgan fingerprint density at radius 2 is 2.21 bits per heavy atom. The van der Waals surface area contributed by atoms with Crippen LogP contribution in [0.15, 0.2) is 0 Å². The van der Waals surface area contributed by atoms with E-state index in [1.807, 2.05) is 0 Å². The summed E-state index contributed by atoms with van der Waals surface area (Å²) in [7, 11) is 0. The number of rotatable bonds is 4. The Morgan fingerprint density at radius 3 is 2.79 bits per heavy atom. The van der Waals surface area contributed by atoms with E-state index < -0.39 is 0 Å². The smallest absolute Gasteiger partial charge is 0.220 e. The second-order valence-corrected chi connectivity index (χ2v) is 5.26. The Bertz CT molecular complexity index is 194. The summed E-state index contributed by atoms with van der Waals surface area (Å²) in [4.78, 5) is 11.5. The first-order valence-electron chi connectivity index (χ1n) is 5.48. The minimum atomic E-state index is 0.220. The van der Waals surface area contributed by atoms with Gasteiger partial charge in [0.25, 0.3) is 0 Å². The third kappa shape index (κ3) is 3.60. The van der Waals surface area contributed by atoms with Gasteiger partial charge in [-0.05, 0) is 24.7 Å². The zero-order valence-corrected chi connectivity index (χ0v) is 10.6. The summed E-state index contributed by atoms with van der Waals surface area (Å²) in [5.41, 5.74) is 0. The molecule has 1 amide bonds. The molecule has 1 aliphatic rings. The molecular formula is C11H20BrNO. The van der Waals surface area contributed by atoms with Gasteiger partial charge in [-0.3, -0.25) is 4.79 Å². The van der Waals surface area contributed by atoms with E-state index in [1.165, 1.54) is 12.8 Å². The van der Waals surface area contributed by atoms with Crippen molar-refractivity contribution in [3.8, 4) is 0 Å². The molecule has 2 unspecified atom stereocenters. The number of nitrogens with one attached hydrogen (secondary N) is 1. The zero-order valence-electron chi connectivity index (χ0n) is 9.05. The van der Waals surface area contributed by atoms with E-state index in [4.69, 9.17) is 0 Å². The van der Waals surface area contributed by atoms with E-state index in [-0.39, 0.29) is 5.91 Å². The highest BCUT2D eigenvalue weighted by atomic mass is 79.9. The molecule has 0 spiro atoms. The topological polar surface area (TPSA) is 29.1 Å². The van der Waals surface area contributed by atoms with Crippen LogP contribution in [-0.4, -0.2) is 17.3 Å². The average Bonchev–Trinajstić information content (AvgIpc) is 2.50. The average molecular weight is 262 g/mol. The predicted octanol–water partition coefficient (Wildman–Crippen LogP) is 2.71. The van der Waals surface area contributed by atoms with Gasteiger partial charge in [-0.15, -0.1) is 0 Å². The summed E-state index contributed by atoms with van der Waals surface area (Å²) in [6, 6.07) is 0.417. The van der Waals surface area contributed by atoms with Crippen molar-refractivity contribution in [3.05, 3.63) is 0 Å². The van der Waals surface area contributed by atoms with Crippen LogP contribution in [0.5, 0.6) is 0 Å². The SMILES string of the molecule is CC(C)CC(=O)NC1CCCC1CBr. The number of hydrogen-bond donors (Lipinski definition) is 1. The quantitative estimate of drug-likeness (QED) is 0.775. The molecule has 1 fully saturated rings. The van der Waals surface area contributed by atoms with Crippen molar-refractivity contribution < 1.29 is 4.79 Å². The summed E-state index contributed by atoms with van der Waals surface area (Å²) >= 11 is 3.51. The summed E-state index contributed by atoms with van der Waals surface area (Å²) in [6.45, 7) is 4.16. The van der Waals surface area contributed by atoms with Crippen LogP contribution in [-0.2, 0) is 4.79 Å². The van der Waals surface area contributed by atoms with Gasteiger partial charge in [-0.25, -0.2) is 0 Å². The van der Waals surface area contributed by atoms with Crippen molar-refractivity contribution in [1.82, 2.24) is 5.32 Å². The Balaban J connectivity index is 2.32. The maximum Gasteiger partial charge on any atom is 0.220 e. The van der Waals surface area contributed by atoms with Crippen molar-refractivity contribution in [2.75, 3.05) is 5.33 Å². The van der Waals surface area contributed by atoms with E-state index in [1.54, 1.807) is 0 Å². The molecule has 0 radical (unpaired) electrons. The van der Waals surface area contributed by atoms with E-state index in [0.717, 1.165) is 11.8 Å². The first kappa shape index (κ1) is 12.0. The van der Waals surface area contributed by atoms with Crippen LogP contribution in [0.3, 0.4) is 0 Å². The molecule has 2 atom stereocenters. The van der Waals surface area contributed by atoms with Crippen molar-refractivity contribution in [2.45, 2.75) is 45.6 Å². The lowest BCUT2D eigenvalue weighted by atomic mass is 10.1. The standard InChI is InChI=1S/C11H20BrNO/c1-8(2)6-11(14)13-10-5-3-4-9(10)7-12/h8-10H,3-7H2,1-2H3,(H,13,14). The van der Waals surface area contributed by atoms with Crippen LogP contribution in [0.4, 0.5) is 0 Å². The highest BCUT2D eigenvalue weighted by Crippen LogP contribution is 2.27. The molecule has 1 rings (SSSR count). The van der Waals surface area contributed by atoms with Gasteiger partial charge >= 0.3 is 0 Å². The molecule has 0 aromatic heterocycles. The molecule has 1 N–H and O–H groups in total. The molecule has 2 nitrogen and oxygen atoms in total. The molecule has 82 valence electrons. The van der Waals surface area contributed by atoms with Gasteiger partial charge in [0.2, 0.25) is 5.91 Å². The molecule has 0 aliphatic heterocycles. The maximum atomic E-state index is 11.5. The van der Waals surface area contributed by atoms with Gasteiger partial charge in [0.15, 0.2) is 0 Å². The van der Waals surface area contributed by atoms with Crippen LogP contribution in [0.25, 0.3) is 0 Å². The summed E-state index contributed by atoms with van der Waals surface area (Å²) < 4.78 is 0. The van der Waals surface area contributed by atoms with Crippen LogP contribution in [0.1, 0.15) is 39.5 Å². The first-order chi connectivity index (χ1) is 6.63. The Morgan fingerprint density at radius 1 is 1.50 bits per heavy atom. The highest BCUT2D eigenvalue weighted by molar-refractivity contribution is 9.09. The molecule has 14 heavy (non-hydrogen) atoms. The van der Waals surface area contributed by atoms with E-state index >= 15 is 0 Å². The van der Waals surface area contributed by atoms with Gasteiger partial charge in [0.1, 0.15) is 0 Å². The van der Waals surface area contributed by atoms with Crippen molar-refractivity contribution in [1.29, 1.82) is 0 Å². The molecule has 0 aromatic rings. The summed E-state index contributed by atoms with van der Waals surface area (Å²) in [5, 5.41) is 4.16. The fourth-order valence-corrected chi connectivity index (χ4v) is 2.82. The normalized spacial score (nSPS) is 26.9. The molecule has 1 aliphatic carbocycles. The number of amides is 1. The summed E-state index contributed by atoms with van der Waals surface area (Å²) in [6.07, 6.45) is 4.31. The molecule has 1 saturated carbocycles. The number of hydrogen-bond acceptors (Lipinski definition) is 1. The first-order valence-corrected chi connectivity index (χ1v) is 6.61. The fourth-order valence-electron chi connectivity index (χ4n) is 2.05. The van der Waals surface area contributed by atoms with Gasteiger partial charge in [0, 0.05) is 17.8 Å². The maximum absolute atomic E-state index is 11.5. The number of carbonyl (C=O) groups is 1. The Hall–Kier alpha value is -0.0500. The minimum Gasteiger partial charge on any atom is -0.353 e. The fraction of sp³-hybridized carbons (Fsp3) is 0.909.